The van der Waals surface area contributed by atoms with E-state index in [2.05, 4.69) is 9.72 Å². The van der Waals surface area contributed by atoms with Gasteiger partial charge >= 0.3 is 6.36 Å². The first-order chi connectivity index (χ1) is 14.0. The number of ether oxygens (including phenoxy) is 1. The van der Waals surface area contributed by atoms with Gasteiger partial charge in [0.05, 0.1) is 10.2 Å². The van der Waals surface area contributed by atoms with Gasteiger partial charge in [0, 0.05) is 24.7 Å². The molecule has 3 aromatic rings. The maximum Gasteiger partial charge on any atom is 0.573 e. The molecule has 0 saturated heterocycles. The zero-order valence-corrected chi connectivity index (χ0v) is 17.9. The van der Waals surface area contributed by atoms with Crippen molar-refractivity contribution in [1.29, 1.82) is 0 Å². The molecule has 1 aromatic heterocycles. The van der Waals surface area contributed by atoms with E-state index in [1.54, 1.807) is 11.0 Å². The molecule has 0 atom stereocenters. The maximum absolute atomic E-state index is 13.3. The average Bonchev–Trinajstić information content (AvgIpc) is 3.05. The summed E-state index contributed by atoms with van der Waals surface area (Å²) in [6, 6.07) is 9.47. The zero-order chi connectivity index (χ0) is 22.1. The molecule has 1 heterocycles. The number of carbonyl (C=O) groups is 1. The monoisotopic (exact) mass is 437 g/mol. The van der Waals surface area contributed by atoms with E-state index in [0.717, 1.165) is 22.5 Å². The van der Waals surface area contributed by atoms with Gasteiger partial charge in [-0.25, -0.2) is 4.98 Å². The molecule has 160 valence electrons. The molecule has 0 bridgehead atoms. The number of carbonyl (C=O) groups excluding carboxylic acids is 1. The van der Waals surface area contributed by atoms with E-state index in [0.29, 0.717) is 34.0 Å². The molecule has 5 nitrogen and oxygen atoms in total. The molecule has 3 rings (SSSR count). The number of hydrogen-bond acceptors (Lipinski definition) is 5. The second-order valence-electron chi connectivity index (χ2n) is 7.23. The van der Waals surface area contributed by atoms with Crippen LogP contribution in [0.3, 0.4) is 0 Å². The van der Waals surface area contributed by atoms with Gasteiger partial charge in [-0.2, -0.15) is 0 Å². The highest BCUT2D eigenvalue weighted by Gasteiger charge is 2.31. The van der Waals surface area contributed by atoms with E-state index in [1.807, 2.05) is 45.0 Å². The molecule has 9 heteroatoms. The van der Waals surface area contributed by atoms with Crippen LogP contribution in [0.15, 0.2) is 36.4 Å². The number of halogens is 3. The van der Waals surface area contributed by atoms with Gasteiger partial charge in [-0.05, 0) is 63.3 Å². The number of aryl methyl sites for hydroxylation is 2. The number of alkyl halides is 3. The van der Waals surface area contributed by atoms with Crippen molar-refractivity contribution in [2.75, 3.05) is 32.1 Å². The Bertz CT molecular complexity index is 1060. The van der Waals surface area contributed by atoms with Crippen molar-refractivity contribution in [2.45, 2.75) is 20.2 Å². The summed E-state index contributed by atoms with van der Waals surface area (Å²) in [5.41, 5.74) is 3.14. The minimum Gasteiger partial charge on any atom is -0.406 e. The Morgan fingerprint density at radius 3 is 2.43 bits per heavy atom. The smallest absolute Gasteiger partial charge is 0.406 e. The summed E-state index contributed by atoms with van der Waals surface area (Å²) >= 11 is 1.16. The van der Waals surface area contributed by atoms with Gasteiger partial charge in [0.15, 0.2) is 5.13 Å². The Balaban J connectivity index is 1.97. The molecule has 1 amide bonds. The van der Waals surface area contributed by atoms with Crippen molar-refractivity contribution in [3.05, 3.63) is 53.1 Å². The van der Waals surface area contributed by atoms with E-state index in [1.165, 1.54) is 18.2 Å². The predicted octanol–water partition coefficient (Wildman–Crippen LogP) is 5.02. The first-order valence-corrected chi connectivity index (χ1v) is 10.1. The lowest BCUT2D eigenvalue weighted by Gasteiger charge is -2.22. The van der Waals surface area contributed by atoms with Gasteiger partial charge in [-0.3, -0.25) is 9.69 Å². The van der Waals surface area contributed by atoms with Crippen LogP contribution < -0.4 is 9.64 Å². The van der Waals surface area contributed by atoms with Crippen molar-refractivity contribution in [3.8, 4) is 5.75 Å². The number of amides is 1. The van der Waals surface area contributed by atoms with Crippen LogP contribution in [-0.4, -0.2) is 49.3 Å². The second kappa shape index (κ2) is 8.61. The van der Waals surface area contributed by atoms with Crippen LogP contribution in [0, 0.1) is 13.8 Å². The Morgan fingerprint density at radius 2 is 1.80 bits per heavy atom. The second-order valence-corrected chi connectivity index (χ2v) is 8.24. The van der Waals surface area contributed by atoms with Crippen LogP contribution in [0.4, 0.5) is 18.3 Å². The number of fused-ring (bicyclic) bond motifs is 1. The molecule has 2 aromatic carbocycles. The Morgan fingerprint density at radius 1 is 1.07 bits per heavy atom. The Hall–Kier alpha value is -2.65. The Kier molecular flexibility index (Phi) is 6.33. The van der Waals surface area contributed by atoms with Gasteiger partial charge in [-0.15, -0.1) is 13.2 Å². The third-order valence-corrected chi connectivity index (χ3v) is 5.62. The largest absolute Gasteiger partial charge is 0.573 e. The van der Waals surface area contributed by atoms with Crippen LogP contribution in [0.5, 0.6) is 5.75 Å². The topological polar surface area (TPSA) is 45.7 Å². The molecule has 0 aliphatic rings. The molecule has 30 heavy (non-hydrogen) atoms. The van der Waals surface area contributed by atoms with Crippen molar-refractivity contribution in [1.82, 2.24) is 9.88 Å². The van der Waals surface area contributed by atoms with Gasteiger partial charge in [0.25, 0.3) is 5.91 Å². The van der Waals surface area contributed by atoms with Crippen LogP contribution in [0.1, 0.15) is 21.5 Å². The summed E-state index contributed by atoms with van der Waals surface area (Å²) in [5.74, 6) is -0.517. The first-order valence-electron chi connectivity index (χ1n) is 9.23. The zero-order valence-electron chi connectivity index (χ0n) is 17.1. The van der Waals surface area contributed by atoms with Gasteiger partial charge in [0.2, 0.25) is 0 Å². The summed E-state index contributed by atoms with van der Waals surface area (Å²) in [6.07, 6.45) is -4.77. The average molecular weight is 437 g/mol. The number of likely N-dealkylation sites (N-methyl/N-ethyl adjacent to an activating group) is 1. The Labute approximate surface area is 176 Å². The van der Waals surface area contributed by atoms with Gasteiger partial charge < -0.3 is 9.64 Å². The number of thiazole rings is 1. The highest BCUT2D eigenvalue weighted by atomic mass is 32.1. The summed E-state index contributed by atoms with van der Waals surface area (Å²) in [5, 5.41) is 0.430. The summed E-state index contributed by atoms with van der Waals surface area (Å²) < 4.78 is 42.0. The van der Waals surface area contributed by atoms with E-state index in [-0.39, 0.29) is 11.7 Å². The summed E-state index contributed by atoms with van der Waals surface area (Å²) in [4.78, 5) is 21.3. The number of benzene rings is 2. The van der Waals surface area contributed by atoms with Crippen LogP contribution in [0.2, 0.25) is 0 Å². The highest BCUT2D eigenvalue weighted by Crippen LogP contribution is 2.34. The molecule has 0 spiro atoms. The normalized spacial score (nSPS) is 11.9. The number of aromatic nitrogens is 1. The molecular weight excluding hydrogens is 415 g/mol. The number of rotatable bonds is 6. The van der Waals surface area contributed by atoms with Gasteiger partial charge in [0.1, 0.15) is 5.75 Å². The fourth-order valence-corrected chi connectivity index (χ4v) is 3.84. The molecule has 0 aliphatic carbocycles. The summed E-state index contributed by atoms with van der Waals surface area (Å²) in [7, 11) is 3.80. The minimum absolute atomic E-state index is 0.203. The standard InChI is InChI=1S/C21H22F3N3O2S/c1-13-5-6-15(11-14(13)2)19(28)27(10-9-26(3)4)20-25-17-8-7-16(12-18(17)30-20)29-21(22,23)24/h5-8,11-12H,9-10H2,1-4H3. The summed E-state index contributed by atoms with van der Waals surface area (Å²) in [6.45, 7) is 4.91. The van der Waals surface area contributed by atoms with E-state index in [4.69, 9.17) is 0 Å². The van der Waals surface area contributed by atoms with Crippen LogP contribution >= 0.6 is 11.3 Å². The number of anilines is 1. The molecule has 0 saturated carbocycles. The molecular formula is C21H22F3N3O2S. The third kappa shape index (κ3) is 5.28. The fraction of sp³-hybridized carbons (Fsp3) is 0.333. The number of nitrogens with zero attached hydrogens (tertiary/aromatic N) is 3. The molecule has 0 aliphatic heterocycles. The van der Waals surface area contributed by atoms with Crippen LogP contribution in [0.25, 0.3) is 10.2 Å². The van der Waals surface area contributed by atoms with Crippen molar-refractivity contribution in [3.63, 3.8) is 0 Å². The van der Waals surface area contributed by atoms with Crippen molar-refractivity contribution >= 4 is 32.6 Å². The van der Waals surface area contributed by atoms with Gasteiger partial charge in [-0.1, -0.05) is 17.4 Å². The lowest BCUT2D eigenvalue weighted by Crippen LogP contribution is -2.36. The van der Waals surface area contributed by atoms with Crippen LogP contribution in [-0.2, 0) is 0 Å². The molecule has 0 N–H and O–H groups in total. The highest BCUT2D eigenvalue weighted by molar-refractivity contribution is 7.22. The lowest BCUT2D eigenvalue weighted by molar-refractivity contribution is -0.274. The first kappa shape index (κ1) is 22.0. The number of hydrogen-bond donors (Lipinski definition) is 0. The molecule has 0 radical (unpaired) electrons. The maximum atomic E-state index is 13.3. The quantitative estimate of drug-likeness (QED) is 0.543. The predicted molar refractivity (Wildman–Crippen MR) is 112 cm³/mol. The fourth-order valence-electron chi connectivity index (χ4n) is 2.82. The van der Waals surface area contributed by atoms with E-state index >= 15 is 0 Å². The lowest BCUT2D eigenvalue weighted by atomic mass is 10.1. The van der Waals surface area contributed by atoms with E-state index in [9.17, 15) is 18.0 Å². The molecule has 0 fully saturated rings. The minimum atomic E-state index is -4.77. The van der Waals surface area contributed by atoms with E-state index < -0.39 is 6.36 Å². The third-order valence-electron chi connectivity index (χ3n) is 4.58. The SMILES string of the molecule is Cc1ccc(C(=O)N(CCN(C)C)c2nc3ccc(OC(F)(F)F)cc3s2)cc1C. The van der Waals surface area contributed by atoms with Crippen molar-refractivity contribution in [2.24, 2.45) is 0 Å². The van der Waals surface area contributed by atoms with Crippen molar-refractivity contribution < 1.29 is 22.7 Å². The molecule has 0 unspecified atom stereocenters.